The summed E-state index contributed by atoms with van der Waals surface area (Å²) in [5.74, 6) is -0.527. The van der Waals surface area contributed by atoms with Crippen molar-refractivity contribution in [2.24, 2.45) is 0 Å². The van der Waals surface area contributed by atoms with Gasteiger partial charge in [-0.2, -0.15) is 0 Å². The molecule has 164 valence electrons. The van der Waals surface area contributed by atoms with Crippen molar-refractivity contribution in [1.82, 2.24) is 0 Å². The van der Waals surface area contributed by atoms with Crippen LogP contribution >= 0.6 is 11.6 Å². The summed E-state index contributed by atoms with van der Waals surface area (Å²) in [6, 6.07) is 17.7. The number of nitrogens with one attached hydrogen (secondary N) is 1. The van der Waals surface area contributed by atoms with E-state index in [4.69, 9.17) is 20.4 Å². The molecular formula is C27H20ClNO4. The van der Waals surface area contributed by atoms with E-state index in [-0.39, 0.29) is 23.9 Å². The SMILES string of the molecule is Cc1ccc2c(CC(=O)Nc3c(C(=O)c4ccc(Cl)cc4)oc4ccccc34)coc2c1C. The Morgan fingerprint density at radius 3 is 2.48 bits per heavy atom. The molecule has 0 aliphatic rings. The molecule has 0 aliphatic carbocycles. The van der Waals surface area contributed by atoms with Crippen LogP contribution in [0.3, 0.4) is 0 Å². The fourth-order valence-electron chi connectivity index (χ4n) is 3.94. The maximum Gasteiger partial charge on any atom is 0.230 e. The van der Waals surface area contributed by atoms with Gasteiger partial charge in [0.2, 0.25) is 11.7 Å². The summed E-state index contributed by atoms with van der Waals surface area (Å²) < 4.78 is 11.6. The molecule has 2 heterocycles. The predicted molar refractivity (Wildman–Crippen MR) is 129 cm³/mol. The number of halogens is 1. The molecule has 5 nitrogen and oxygen atoms in total. The Morgan fingerprint density at radius 1 is 0.939 bits per heavy atom. The summed E-state index contributed by atoms with van der Waals surface area (Å²) in [6.45, 7) is 4.02. The lowest BCUT2D eigenvalue weighted by atomic mass is 10.0. The molecule has 0 saturated carbocycles. The average molecular weight is 458 g/mol. The standard InChI is InChI=1S/C27H20ClNO4/c1-15-7-12-20-18(14-32-26(20)16(15)2)13-23(30)29-24-21-5-3-4-6-22(21)33-27(24)25(31)17-8-10-19(28)11-9-17/h3-12,14H,13H2,1-2H3,(H,29,30). The predicted octanol–water partition coefficient (Wildman–Crippen LogP) is 6.86. The number of amides is 1. The number of para-hydroxylation sites is 1. The fraction of sp³-hybridized carbons (Fsp3) is 0.111. The zero-order valence-electron chi connectivity index (χ0n) is 18.1. The van der Waals surface area contributed by atoms with Gasteiger partial charge in [-0.05, 0) is 61.4 Å². The highest BCUT2D eigenvalue weighted by Gasteiger charge is 2.24. The maximum absolute atomic E-state index is 13.2. The van der Waals surface area contributed by atoms with Gasteiger partial charge < -0.3 is 14.2 Å². The van der Waals surface area contributed by atoms with Gasteiger partial charge in [0.05, 0.1) is 18.4 Å². The van der Waals surface area contributed by atoms with Gasteiger partial charge >= 0.3 is 0 Å². The summed E-state index contributed by atoms with van der Waals surface area (Å²) in [7, 11) is 0. The molecule has 33 heavy (non-hydrogen) atoms. The molecular weight excluding hydrogens is 438 g/mol. The van der Waals surface area contributed by atoms with Crippen molar-refractivity contribution in [2.45, 2.75) is 20.3 Å². The third-order valence-corrected chi connectivity index (χ3v) is 6.12. The Bertz CT molecular complexity index is 1530. The molecule has 1 N–H and O–H groups in total. The van der Waals surface area contributed by atoms with Gasteiger partial charge in [-0.1, -0.05) is 35.9 Å². The van der Waals surface area contributed by atoms with E-state index in [1.54, 1.807) is 36.6 Å². The highest BCUT2D eigenvalue weighted by Crippen LogP contribution is 2.33. The third kappa shape index (κ3) is 3.81. The van der Waals surface area contributed by atoms with Crippen LogP contribution in [0.25, 0.3) is 21.9 Å². The topological polar surface area (TPSA) is 72.5 Å². The minimum absolute atomic E-state index is 0.0791. The molecule has 0 radical (unpaired) electrons. The molecule has 0 saturated heterocycles. The minimum atomic E-state index is -0.335. The van der Waals surface area contributed by atoms with Crippen LogP contribution in [0.2, 0.25) is 5.02 Å². The molecule has 1 amide bonds. The van der Waals surface area contributed by atoms with E-state index >= 15 is 0 Å². The summed E-state index contributed by atoms with van der Waals surface area (Å²) in [6.07, 6.45) is 1.72. The lowest BCUT2D eigenvalue weighted by molar-refractivity contribution is -0.115. The Kier molecular flexibility index (Phi) is 5.27. The van der Waals surface area contributed by atoms with Gasteiger partial charge in [-0.15, -0.1) is 0 Å². The van der Waals surface area contributed by atoms with Gasteiger partial charge in [0.25, 0.3) is 0 Å². The van der Waals surface area contributed by atoms with Gasteiger partial charge in [-0.25, -0.2) is 0 Å². The second-order valence-corrected chi connectivity index (χ2v) is 8.44. The number of ketones is 1. The van der Waals surface area contributed by atoms with Crippen molar-refractivity contribution in [1.29, 1.82) is 0 Å². The van der Waals surface area contributed by atoms with E-state index in [1.165, 1.54) is 0 Å². The van der Waals surface area contributed by atoms with Crippen molar-refractivity contribution in [3.05, 3.63) is 100.0 Å². The van der Waals surface area contributed by atoms with Crippen LogP contribution in [0, 0.1) is 13.8 Å². The molecule has 5 aromatic rings. The average Bonchev–Trinajstić information content (AvgIpc) is 3.38. The molecule has 0 unspecified atom stereocenters. The number of hydrogen-bond donors (Lipinski definition) is 1. The lowest BCUT2D eigenvalue weighted by Crippen LogP contribution is -2.16. The van der Waals surface area contributed by atoms with E-state index in [0.29, 0.717) is 27.2 Å². The van der Waals surface area contributed by atoms with Crippen molar-refractivity contribution >= 4 is 50.9 Å². The Morgan fingerprint density at radius 2 is 1.70 bits per heavy atom. The van der Waals surface area contributed by atoms with Crippen molar-refractivity contribution < 1.29 is 18.4 Å². The summed E-state index contributed by atoms with van der Waals surface area (Å²) in [5, 5.41) is 5.00. The number of hydrogen-bond acceptors (Lipinski definition) is 4. The van der Waals surface area contributed by atoms with Crippen LogP contribution in [-0.4, -0.2) is 11.7 Å². The first-order valence-corrected chi connectivity index (χ1v) is 10.9. The maximum atomic E-state index is 13.2. The molecule has 2 aromatic heterocycles. The Balaban J connectivity index is 1.49. The summed E-state index contributed by atoms with van der Waals surface area (Å²) >= 11 is 5.95. The number of anilines is 1. The number of fused-ring (bicyclic) bond motifs is 2. The van der Waals surface area contributed by atoms with Crippen molar-refractivity contribution in [2.75, 3.05) is 5.32 Å². The molecule has 0 bridgehead atoms. The van der Waals surface area contributed by atoms with Gasteiger partial charge in [-0.3, -0.25) is 9.59 Å². The zero-order chi connectivity index (χ0) is 23.1. The van der Waals surface area contributed by atoms with E-state index in [1.807, 2.05) is 44.2 Å². The minimum Gasteiger partial charge on any atom is -0.464 e. The largest absolute Gasteiger partial charge is 0.464 e. The Labute approximate surface area is 194 Å². The zero-order valence-corrected chi connectivity index (χ0v) is 18.8. The smallest absolute Gasteiger partial charge is 0.230 e. The summed E-state index contributed by atoms with van der Waals surface area (Å²) in [5.41, 5.74) is 5.04. The summed E-state index contributed by atoms with van der Waals surface area (Å²) in [4.78, 5) is 26.2. The van der Waals surface area contributed by atoms with E-state index in [2.05, 4.69) is 5.32 Å². The second kappa shape index (κ2) is 8.26. The number of rotatable bonds is 5. The first-order chi connectivity index (χ1) is 15.9. The van der Waals surface area contributed by atoms with Crippen molar-refractivity contribution in [3.8, 4) is 0 Å². The van der Waals surface area contributed by atoms with Crippen LogP contribution in [0.5, 0.6) is 0 Å². The first kappa shape index (κ1) is 21.0. The van der Waals surface area contributed by atoms with Crippen LogP contribution < -0.4 is 5.32 Å². The number of furan rings is 2. The van der Waals surface area contributed by atoms with Crippen molar-refractivity contribution in [3.63, 3.8) is 0 Å². The first-order valence-electron chi connectivity index (χ1n) is 10.5. The number of aryl methyl sites for hydroxylation is 2. The number of carbonyl (C=O) groups is 2. The number of benzene rings is 3. The molecule has 0 spiro atoms. The van der Waals surface area contributed by atoms with Gasteiger partial charge in [0.1, 0.15) is 11.2 Å². The molecule has 3 aromatic carbocycles. The molecule has 0 atom stereocenters. The normalized spacial score (nSPS) is 11.2. The number of carbonyl (C=O) groups excluding carboxylic acids is 2. The molecule has 5 rings (SSSR count). The second-order valence-electron chi connectivity index (χ2n) is 8.01. The van der Waals surface area contributed by atoms with Gasteiger partial charge in [0.15, 0.2) is 5.76 Å². The van der Waals surface area contributed by atoms with E-state index < -0.39 is 0 Å². The van der Waals surface area contributed by atoms with Crippen LogP contribution in [0.4, 0.5) is 5.69 Å². The molecule has 0 aliphatic heterocycles. The van der Waals surface area contributed by atoms with E-state index in [0.717, 1.165) is 27.7 Å². The lowest BCUT2D eigenvalue weighted by Gasteiger charge is -2.06. The highest BCUT2D eigenvalue weighted by molar-refractivity contribution is 6.30. The van der Waals surface area contributed by atoms with Gasteiger partial charge in [0, 0.05) is 26.9 Å². The third-order valence-electron chi connectivity index (χ3n) is 5.87. The van der Waals surface area contributed by atoms with Crippen LogP contribution in [0.1, 0.15) is 32.8 Å². The Hall–Kier alpha value is -3.83. The molecule has 6 heteroatoms. The van der Waals surface area contributed by atoms with E-state index in [9.17, 15) is 9.59 Å². The highest BCUT2D eigenvalue weighted by atomic mass is 35.5. The molecule has 0 fully saturated rings. The fourth-order valence-corrected chi connectivity index (χ4v) is 4.07. The quantitative estimate of drug-likeness (QED) is 0.292. The van der Waals surface area contributed by atoms with Crippen LogP contribution in [0.15, 0.2) is 75.8 Å². The monoisotopic (exact) mass is 457 g/mol. The van der Waals surface area contributed by atoms with Crippen LogP contribution in [-0.2, 0) is 11.2 Å².